The molecule has 7 atom stereocenters. The average Bonchev–Trinajstić information content (AvgIpc) is 3.46. The molecule has 2 heterocycles. The van der Waals surface area contributed by atoms with Crippen molar-refractivity contribution in [3.05, 3.63) is 35.2 Å². The Bertz CT molecular complexity index is 968. The highest BCUT2D eigenvalue weighted by Gasteiger charge is 2.50. The lowest BCUT2D eigenvalue weighted by Gasteiger charge is -2.34. The lowest BCUT2D eigenvalue weighted by molar-refractivity contribution is -0.154. The number of aromatic nitrogens is 1. The molecule has 6 nitrogen and oxygen atoms in total. The molecule has 0 spiro atoms. The number of aliphatic hydroxyl groups is 2. The van der Waals surface area contributed by atoms with Gasteiger partial charge in [0.2, 0.25) is 0 Å². The van der Waals surface area contributed by atoms with Gasteiger partial charge in [0.25, 0.3) is 0 Å². The summed E-state index contributed by atoms with van der Waals surface area (Å²) in [5.74, 6) is -0.955. The first-order valence-electron chi connectivity index (χ1n) is 13.5. The summed E-state index contributed by atoms with van der Waals surface area (Å²) in [6, 6.07) is 3.95. The lowest BCUT2D eigenvalue weighted by atomic mass is 9.73. The fourth-order valence-electron chi connectivity index (χ4n) is 5.67. The summed E-state index contributed by atoms with van der Waals surface area (Å²) in [4.78, 5) is 30.7. The van der Waals surface area contributed by atoms with Gasteiger partial charge in [0.05, 0.1) is 29.7 Å². The van der Waals surface area contributed by atoms with E-state index in [1.807, 2.05) is 45.2 Å². The maximum absolute atomic E-state index is 13.3. The number of carbonyl (C=O) groups is 2. The van der Waals surface area contributed by atoms with Gasteiger partial charge in [-0.25, -0.2) is 0 Å². The molecule has 6 heteroatoms. The second kappa shape index (κ2) is 11.1. The molecule has 1 aromatic rings. The SMILES string of the molecule is CC(=Cc1ccc(C)cn1)[C@@H]1C[C@@H]2C[C@@]2(C)CCC[C@H](C)[C@H](O)[C@@H](C)C(=O)C(C)(C)[C@@H](O)CC(=O)O1. The van der Waals surface area contributed by atoms with E-state index in [0.29, 0.717) is 5.92 Å². The maximum atomic E-state index is 13.3. The van der Waals surface area contributed by atoms with Crippen LogP contribution < -0.4 is 0 Å². The third-order valence-corrected chi connectivity index (χ3v) is 8.87. The summed E-state index contributed by atoms with van der Waals surface area (Å²) < 4.78 is 5.96. The number of aliphatic hydroxyl groups excluding tert-OH is 2. The molecule has 1 saturated heterocycles. The van der Waals surface area contributed by atoms with E-state index in [-0.39, 0.29) is 23.5 Å². The number of cyclic esters (lactones) is 1. The van der Waals surface area contributed by atoms with Gasteiger partial charge in [0, 0.05) is 12.1 Å². The first kappa shape index (κ1) is 28.5. The van der Waals surface area contributed by atoms with E-state index in [9.17, 15) is 19.8 Å². The van der Waals surface area contributed by atoms with E-state index >= 15 is 0 Å². The van der Waals surface area contributed by atoms with Gasteiger partial charge in [-0.3, -0.25) is 14.6 Å². The van der Waals surface area contributed by atoms with Gasteiger partial charge < -0.3 is 14.9 Å². The van der Waals surface area contributed by atoms with Gasteiger partial charge in [-0.1, -0.05) is 47.1 Å². The molecule has 2 fully saturated rings. The van der Waals surface area contributed by atoms with Crippen LogP contribution in [0.4, 0.5) is 0 Å². The summed E-state index contributed by atoms with van der Waals surface area (Å²) in [5.41, 5.74) is 1.82. The summed E-state index contributed by atoms with van der Waals surface area (Å²) in [6.07, 6.45) is 5.79. The highest BCUT2D eigenvalue weighted by Crippen LogP contribution is 2.58. The molecule has 0 unspecified atom stereocenters. The van der Waals surface area contributed by atoms with Crippen LogP contribution in [-0.2, 0) is 14.3 Å². The zero-order chi connectivity index (χ0) is 26.8. The summed E-state index contributed by atoms with van der Waals surface area (Å²) in [5, 5.41) is 21.8. The Balaban J connectivity index is 1.86. The van der Waals surface area contributed by atoms with E-state index in [4.69, 9.17) is 4.74 Å². The molecule has 3 rings (SSSR count). The molecule has 0 bridgehead atoms. The lowest BCUT2D eigenvalue weighted by Crippen LogP contribution is -2.45. The number of rotatable bonds is 2. The molecule has 2 aliphatic rings. The summed E-state index contributed by atoms with van der Waals surface area (Å²) in [7, 11) is 0. The number of hydrogen-bond acceptors (Lipinski definition) is 6. The smallest absolute Gasteiger partial charge is 0.309 e. The monoisotopic (exact) mass is 499 g/mol. The molecule has 1 aliphatic heterocycles. The molecule has 1 saturated carbocycles. The van der Waals surface area contributed by atoms with E-state index in [1.54, 1.807) is 20.8 Å². The Morgan fingerprint density at radius 1 is 1.17 bits per heavy atom. The molecule has 0 radical (unpaired) electrons. The van der Waals surface area contributed by atoms with E-state index < -0.39 is 35.6 Å². The molecule has 200 valence electrons. The number of pyridine rings is 1. The van der Waals surface area contributed by atoms with E-state index in [1.165, 1.54) is 0 Å². The van der Waals surface area contributed by atoms with Gasteiger partial charge in [0.15, 0.2) is 0 Å². The number of fused-ring (bicyclic) bond motifs is 1. The zero-order valence-corrected chi connectivity index (χ0v) is 23.1. The minimum Gasteiger partial charge on any atom is -0.458 e. The van der Waals surface area contributed by atoms with Crippen molar-refractivity contribution in [2.24, 2.45) is 28.6 Å². The van der Waals surface area contributed by atoms with Crippen molar-refractivity contribution in [3.8, 4) is 0 Å². The first-order chi connectivity index (χ1) is 16.7. The van der Waals surface area contributed by atoms with Crippen molar-refractivity contribution >= 4 is 17.8 Å². The second-order valence-electron chi connectivity index (χ2n) is 12.4. The topological polar surface area (TPSA) is 96.7 Å². The van der Waals surface area contributed by atoms with Crippen LogP contribution >= 0.6 is 0 Å². The van der Waals surface area contributed by atoms with Crippen LogP contribution in [0.5, 0.6) is 0 Å². The number of carbonyl (C=O) groups excluding carboxylic acids is 2. The normalized spacial score (nSPS) is 36.6. The molecular weight excluding hydrogens is 454 g/mol. The number of esters is 1. The number of aryl methyl sites for hydroxylation is 1. The minimum atomic E-state index is -1.20. The predicted molar refractivity (Wildman–Crippen MR) is 141 cm³/mol. The molecule has 1 aliphatic carbocycles. The average molecular weight is 500 g/mol. The van der Waals surface area contributed by atoms with Crippen LogP contribution in [-0.4, -0.2) is 45.3 Å². The maximum Gasteiger partial charge on any atom is 0.309 e. The number of ether oxygens (including phenoxy) is 1. The largest absolute Gasteiger partial charge is 0.458 e. The quantitative estimate of drug-likeness (QED) is 0.537. The third kappa shape index (κ3) is 6.63. The van der Waals surface area contributed by atoms with Crippen LogP contribution in [0.1, 0.15) is 91.3 Å². The number of hydrogen-bond donors (Lipinski definition) is 2. The Morgan fingerprint density at radius 3 is 2.50 bits per heavy atom. The molecule has 2 N–H and O–H groups in total. The van der Waals surface area contributed by atoms with Crippen LogP contribution in [0.3, 0.4) is 0 Å². The first-order valence-corrected chi connectivity index (χ1v) is 13.5. The number of nitrogens with zero attached hydrogens (tertiary/aromatic N) is 1. The molecule has 0 amide bonds. The highest BCUT2D eigenvalue weighted by molar-refractivity contribution is 5.88. The number of Topliss-reactive ketones (excluding diaryl/α,β-unsaturated/α-hetero) is 1. The van der Waals surface area contributed by atoms with Crippen LogP contribution in [0.15, 0.2) is 23.9 Å². The third-order valence-electron chi connectivity index (χ3n) is 8.87. The summed E-state index contributed by atoms with van der Waals surface area (Å²) >= 11 is 0. The summed E-state index contributed by atoms with van der Waals surface area (Å²) in [6.45, 7) is 13.3. The zero-order valence-electron chi connectivity index (χ0n) is 23.1. The minimum absolute atomic E-state index is 0.0181. The van der Waals surface area contributed by atoms with Gasteiger partial charge >= 0.3 is 5.97 Å². The Labute approximate surface area is 216 Å². The molecule has 36 heavy (non-hydrogen) atoms. The van der Waals surface area contributed by atoms with Gasteiger partial charge in [-0.2, -0.15) is 0 Å². The Kier molecular flexibility index (Phi) is 8.82. The Morgan fingerprint density at radius 2 is 1.86 bits per heavy atom. The number of ketones is 1. The molecular formula is C30H45NO5. The van der Waals surface area contributed by atoms with Crippen molar-refractivity contribution in [1.82, 2.24) is 4.98 Å². The Hall–Kier alpha value is -2.05. The van der Waals surface area contributed by atoms with Gasteiger partial charge in [-0.05, 0) is 80.1 Å². The molecule has 1 aromatic heterocycles. The van der Waals surface area contributed by atoms with Crippen LogP contribution in [0.25, 0.3) is 6.08 Å². The van der Waals surface area contributed by atoms with Gasteiger partial charge in [0.1, 0.15) is 11.9 Å². The highest BCUT2D eigenvalue weighted by atomic mass is 16.5. The van der Waals surface area contributed by atoms with Crippen molar-refractivity contribution < 1.29 is 24.5 Å². The van der Waals surface area contributed by atoms with Crippen molar-refractivity contribution in [2.75, 3.05) is 0 Å². The fraction of sp³-hybridized carbons (Fsp3) is 0.700. The van der Waals surface area contributed by atoms with Crippen LogP contribution in [0.2, 0.25) is 0 Å². The standard InChI is InChI=1S/C30H45NO5/c1-18-10-11-23(31-17-18)13-20(3)24-14-22-16-30(22,7)12-8-9-19(2)27(34)21(4)28(35)29(5,6)25(32)15-26(33)36-24/h10-11,13,17,19,21-22,24-25,27,32,34H,8-9,12,14-16H2,1-7H3/t19-,21+,22+,24-,25-,27-,30+/m0/s1. The van der Waals surface area contributed by atoms with Crippen molar-refractivity contribution in [2.45, 2.75) is 105 Å². The molecule has 0 aromatic carbocycles. The predicted octanol–water partition coefficient (Wildman–Crippen LogP) is 5.28. The van der Waals surface area contributed by atoms with Crippen molar-refractivity contribution in [3.63, 3.8) is 0 Å². The fourth-order valence-corrected chi connectivity index (χ4v) is 5.67. The van der Waals surface area contributed by atoms with E-state index in [0.717, 1.165) is 48.9 Å². The second-order valence-corrected chi connectivity index (χ2v) is 12.4. The van der Waals surface area contributed by atoms with Crippen molar-refractivity contribution in [1.29, 1.82) is 0 Å². The van der Waals surface area contributed by atoms with Crippen LogP contribution in [0, 0.1) is 35.5 Å². The van der Waals surface area contributed by atoms with Gasteiger partial charge in [-0.15, -0.1) is 0 Å². The van der Waals surface area contributed by atoms with E-state index in [2.05, 4.69) is 11.9 Å².